The van der Waals surface area contributed by atoms with Crippen LogP contribution in [0.5, 0.6) is 5.75 Å². The number of halogens is 2. The van der Waals surface area contributed by atoms with E-state index < -0.39 is 0 Å². The number of para-hydroxylation sites is 2. The number of hydrogen-bond acceptors (Lipinski definition) is 3. The van der Waals surface area contributed by atoms with Crippen molar-refractivity contribution >= 4 is 39.1 Å². The van der Waals surface area contributed by atoms with E-state index in [4.69, 9.17) is 16.3 Å². The predicted octanol–water partition coefficient (Wildman–Crippen LogP) is 3.76. The van der Waals surface area contributed by atoms with Crippen LogP contribution in [0.4, 0.5) is 5.69 Å². The van der Waals surface area contributed by atoms with E-state index in [0.717, 1.165) is 0 Å². The largest absolute Gasteiger partial charge is 0.495 e. The number of methoxy groups -OCH3 is 1. The molecule has 2 rings (SSSR count). The second kappa shape index (κ2) is 6.04. The minimum Gasteiger partial charge on any atom is -0.495 e. The molecule has 0 aliphatic carbocycles. The number of rotatable bonds is 3. The quantitative estimate of drug-likeness (QED) is 0.865. The summed E-state index contributed by atoms with van der Waals surface area (Å²) in [5, 5.41) is 2.89. The molecule has 0 radical (unpaired) electrons. The lowest BCUT2D eigenvalue weighted by atomic mass is 10.2. The van der Waals surface area contributed by atoms with Crippen molar-refractivity contribution in [2.75, 3.05) is 12.4 Å². The molecule has 98 valence electrons. The topological polar surface area (TPSA) is 51.2 Å². The van der Waals surface area contributed by atoms with Gasteiger partial charge in [0.05, 0.1) is 18.4 Å². The average Bonchev–Trinajstić information content (AvgIpc) is 2.42. The number of carbonyl (C=O) groups excluding carboxylic acids is 1. The molecule has 2 aromatic rings. The number of aromatic nitrogens is 1. The lowest BCUT2D eigenvalue weighted by Gasteiger charge is -2.10. The van der Waals surface area contributed by atoms with Gasteiger partial charge in [0.15, 0.2) is 0 Å². The molecule has 0 spiro atoms. The van der Waals surface area contributed by atoms with Gasteiger partial charge in [-0.2, -0.15) is 0 Å². The van der Waals surface area contributed by atoms with E-state index >= 15 is 0 Å². The molecule has 0 aliphatic heterocycles. The van der Waals surface area contributed by atoms with Crippen molar-refractivity contribution in [2.24, 2.45) is 0 Å². The third-order valence-corrected chi connectivity index (χ3v) is 3.14. The summed E-state index contributed by atoms with van der Waals surface area (Å²) in [4.78, 5) is 16.1. The van der Waals surface area contributed by atoms with Crippen molar-refractivity contribution in [3.8, 4) is 5.75 Å². The molecule has 1 heterocycles. The van der Waals surface area contributed by atoms with Gasteiger partial charge >= 0.3 is 0 Å². The minimum absolute atomic E-state index is 0.149. The van der Waals surface area contributed by atoms with E-state index in [1.54, 1.807) is 31.4 Å². The lowest BCUT2D eigenvalue weighted by molar-refractivity contribution is 0.102. The zero-order chi connectivity index (χ0) is 13.8. The van der Waals surface area contributed by atoms with Crippen molar-refractivity contribution in [1.82, 2.24) is 4.98 Å². The monoisotopic (exact) mass is 340 g/mol. The maximum absolute atomic E-state index is 12.1. The zero-order valence-corrected chi connectivity index (χ0v) is 12.3. The van der Waals surface area contributed by atoms with Crippen LogP contribution in [-0.2, 0) is 0 Å². The molecule has 0 atom stereocenters. The van der Waals surface area contributed by atoms with Gasteiger partial charge in [0.1, 0.15) is 10.9 Å². The number of nitrogens with zero attached hydrogens (tertiary/aromatic N) is 1. The van der Waals surface area contributed by atoms with Crippen LogP contribution in [0, 0.1) is 0 Å². The van der Waals surface area contributed by atoms with Gasteiger partial charge in [0.25, 0.3) is 5.91 Å². The molecule has 6 heteroatoms. The highest BCUT2D eigenvalue weighted by Crippen LogP contribution is 2.25. The second-order valence-electron chi connectivity index (χ2n) is 3.65. The van der Waals surface area contributed by atoms with Crippen molar-refractivity contribution in [1.29, 1.82) is 0 Å². The SMILES string of the molecule is COc1ccccc1NC(=O)c1cc(Br)cnc1Cl. The summed E-state index contributed by atoms with van der Waals surface area (Å²) >= 11 is 9.16. The Morgan fingerprint density at radius 3 is 2.89 bits per heavy atom. The Morgan fingerprint density at radius 1 is 1.42 bits per heavy atom. The maximum Gasteiger partial charge on any atom is 0.258 e. The molecule has 4 nitrogen and oxygen atoms in total. The standard InChI is InChI=1S/C13H10BrClN2O2/c1-19-11-5-3-2-4-10(11)17-13(18)9-6-8(14)7-16-12(9)15/h2-7H,1H3,(H,17,18). The lowest BCUT2D eigenvalue weighted by Crippen LogP contribution is -2.13. The van der Waals surface area contributed by atoms with Crippen LogP contribution >= 0.6 is 27.5 Å². The maximum atomic E-state index is 12.1. The van der Waals surface area contributed by atoms with Crippen molar-refractivity contribution in [2.45, 2.75) is 0 Å². The molecule has 1 N–H and O–H groups in total. The summed E-state index contributed by atoms with van der Waals surface area (Å²) in [5.74, 6) is 0.234. The van der Waals surface area contributed by atoms with E-state index in [9.17, 15) is 4.79 Å². The Hall–Kier alpha value is -1.59. The molecule has 1 aromatic carbocycles. The summed E-state index contributed by atoms with van der Waals surface area (Å²) in [5.41, 5.74) is 0.869. The minimum atomic E-state index is -0.344. The van der Waals surface area contributed by atoms with Crippen LogP contribution in [0.25, 0.3) is 0 Å². The molecule has 0 aliphatic rings. The number of pyridine rings is 1. The van der Waals surface area contributed by atoms with E-state index in [0.29, 0.717) is 21.5 Å². The Morgan fingerprint density at radius 2 is 2.16 bits per heavy atom. The van der Waals surface area contributed by atoms with Gasteiger partial charge < -0.3 is 10.1 Å². The Labute approximate surface area is 123 Å². The molecule has 1 amide bonds. The van der Waals surface area contributed by atoms with Gasteiger partial charge in [-0.25, -0.2) is 4.98 Å². The first-order chi connectivity index (χ1) is 9.11. The summed E-state index contributed by atoms with van der Waals surface area (Å²) in [6.07, 6.45) is 1.53. The number of benzene rings is 1. The predicted molar refractivity (Wildman–Crippen MR) is 77.9 cm³/mol. The van der Waals surface area contributed by atoms with Crippen molar-refractivity contribution in [3.63, 3.8) is 0 Å². The molecule has 19 heavy (non-hydrogen) atoms. The smallest absolute Gasteiger partial charge is 0.258 e. The molecule has 0 saturated carbocycles. The number of amides is 1. The van der Waals surface area contributed by atoms with Gasteiger partial charge in [-0.1, -0.05) is 23.7 Å². The number of anilines is 1. The Balaban J connectivity index is 2.28. The van der Waals surface area contributed by atoms with Gasteiger partial charge in [0.2, 0.25) is 0 Å². The number of hydrogen-bond donors (Lipinski definition) is 1. The summed E-state index contributed by atoms with van der Waals surface area (Å²) in [6, 6.07) is 8.74. The zero-order valence-electron chi connectivity index (χ0n) is 9.98. The molecule has 0 fully saturated rings. The van der Waals surface area contributed by atoms with E-state index in [2.05, 4.69) is 26.2 Å². The molecule has 0 bridgehead atoms. The third kappa shape index (κ3) is 3.24. The highest BCUT2D eigenvalue weighted by atomic mass is 79.9. The molecular weight excluding hydrogens is 332 g/mol. The number of ether oxygens (including phenoxy) is 1. The summed E-state index contributed by atoms with van der Waals surface area (Å²) < 4.78 is 5.85. The molecule has 1 aromatic heterocycles. The van der Waals surface area contributed by atoms with E-state index in [-0.39, 0.29) is 11.1 Å². The second-order valence-corrected chi connectivity index (χ2v) is 4.92. The molecule has 0 unspecified atom stereocenters. The van der Waals surface area contributed by atoms with Gasteiger partial charge in [-0.15, -0.1) is 0 Å². The summed E-state index contributed by atoms with van der Waals surface area (Å²) in [7, 11) is 1.54. The fraction of sp³-hybridized carbons (Fsp3) is 0.0769. The van der Waals surface area contributed by atoms with Gasteiger partial charge in [-0.3, -0.25) is 4.79 Å². The highest BCUT2D eigenvalue weighted by Gasteiger charge is 2.14. The number of nitrogens with one attached hydrogen (secondary N) is 1. The van der Waals surface area contributed by atoms with Crippen LogP contribution in [0.15, 0.2) is 41.0 Å². The van der Waals surface area contributed by atoms with Crippen LogP contribution in [0.1, 0.15) is 10.4 Å². The fourth-order valence-corrected chi connectivity index (χ4v) is 2.04. The van der Waals surface area contributed by atoms with Crippen LogP contribution < -0.4 is 10.1 Å². The summed E-state index contributed by atoms with van der Waals surface area (Å²) in [6.45, 7) is 0. The first-order valence-corrected chi connectivity index (χ1v) is 6.54. The van der Waals surface area contributed by atoms with Gasteiger partial charge in [0, 0.05) is 10.7 Å². The first-order valence-electron chi connectivity index (χ1n) is 5.37. The van der Waals surface area contributed by atoms with Crippen LogP contribution in [0.2, 0.25) is 5.15 Å². The van der Waals surface area contributed by atoms with E-state index in [1.807, 2.05) is 6.07 Å². The van der Waals surface area contributed by atoms with Crippen LogP contribution in [-0.4, -0.2) is 18.0 Å². The van der Waals surface area contributed by atoms with E-state index in [1.165, 1.54) is 6.20 Å². The number of carbonyl (C=O) groups is 1. The Bertz CT molecular complexity index is 619. The van der Waals surface area contributed by atoms with Gasteiger partial charge in [-0.05, 0) is 34.1 Å². The Kier molecular flexibility index (Phi) is 4.39. The first kappa shape index (κ1) is 13.8. The molecular formula is C13H10BrClN2O2. The van der Waals surface area contributed by atoms with Crippen LogP contribution in [0.3, 0.4) is 0 Å². The fourth-order valence-electron chi connectivity index (χ4n) is 1.52. The highest BCUT2D eigenvalue weighted by molar-refractivity contribution is 9.10. The normalized spacial score (nSPS) is 10.1. The molecule has 0 saturated heterocycles. The average molecular weight is 342 g/mol. The third-order valence-electron chi connectivity index (χ3n) is 2.41. The van der Waals surface area contributed by atoms with Crippen molar-refractivity contribution in [3.05, 3.63) is 51.7 Å². The van der Waals surface area contributed by atoms with Crippen molar-refractivity contribution < 1.29 is 9.53 Å².